The van der Waals surface area contributed by atoms with Crippen molar-refractivity contribution in [3.05, 3.63) is 46.4 Å². The van der Waals surface area contributed by atoms with Crippen LogP contribution in [-0.2, 0) is 16.9 Å². The predicted molar refractivity (Wildman–Crippen MR) is 94.3 cm³/mol. The molecule has 0 saturated carbocycles. The van der Waals surface area contributed by atoms with Gasteiger partial charge in [-0.25, -0.2) is 18.6 Å². The molecule has 27 heavy (non-hydrogen) atoms. The summed E-state index contributed by atoms with van der Waals surface area (Å²) in [6, 6.07) is 5.80. The van der Waals surface area contributed by atoms with E-state index >= 15 is 0 Å². The fourth-order valence-corrected chi connectivity index (χ4v) is 2.86. The Hall–Kier alpha value is -2.20. The molecule has 148 valence electrons. The highest BCUT2D eigenvalue weighted by Crippen LogP contribution is 2.24. The van der Waals surface area contributed by atoms with Crippen molar-refractivity contribution in [2.24, 2.45) is 0 Å². The van der Waals surface area contributed by atoms with Crippen LogP contribution in [0.1, 0.15) is 24.4 Å². The van der Waals surface area contributed by atoms with E-state index in [4.69, 9.17) is 0 Å². The normalized spacial score (nSPS) is 12.3. The third-order valence-electron chi connectivity index (χ3n) is 3.46. The molecule has 1 aromatic heterocycles. The van der Waals surface area contributed by atoms with Crippen LogP contribution in [0, 0.1) is 0 Å². The quantitative estimate of drug-likeness (QED) is 0.630. The number of halogens is 4. The third kappa shape index (κ3) is 6.17. The standard InChI is InChI=1S/C17H19F4N3O2S/c1-16(2,14-22-6-7-27-14)24-15(25)23-12-5-3-4-11(8-12)9-26-10-17(20,21)13(18)19/h3-8,13H,9-10H2,1-2H3,(H2,23,24,25). The highest BCUT2D eigenvalue weighted by Gasteiger charge is 2.40. The summed E-state index contributed by atoms with van der Waals surface area (Å²) in [6.07, 6.45) is -2.14. The molecule has 0 saturated heterocycles. The van der Waals surface area contributed by atoms with Gasteiger partial charge in [0.1, 0.15) is 11.6 Å². The van der Waals surface area contributed by atoms with E-state index in [9.17, 15) is 22.4 Å². The SMILES string of the molecule is CC(C)(NC(=O)Nc1cccc(COCC(F)(F)C(F)F)c1)c1nccs1. The summed E-state index contributed by atoms with van der Waals surface area (Å²) in [7, 11) is 0. The van der Waals surface area contributed by atoms with Crippen molar-refractivity contribution in [1.82, 2.24) is 10.3 Å². The highest BCUT2D eigenvalue weighted by molar-refractivity contribution is 7.09. The largest absolute Gasteiger partial charge is 0.370 e. The Morgan fingerprint density at radius 2 is 2.07 bits per heavy atom. The van der Waals surface area contributed by atoms with Crippen LogP contribution in [0.4, 0.5) is 28.0 Å². The number of nitrogens with one attached hydrogen (secondary N) is 2. The molecule has 0 spiro atoms. The molecular weight excluding hydrogens is 386 g/mol. The summed E-state index contributed by atoms with van der Waals surface area (Å²) in [5, 5.41) is 7.95. The minimum atomic E-state index is -4.20. The molecule has 0 atom stereocenters. The van der Waals surface area contributed by atoms with Crippen molar-refractivity contribution in [1.29, 1.82) is 0 Å². The maximum Gasteiger partial charge on any atom is 0.330 e. The van der Waals surface area contributed by atoms with E-state index in [1.54, 1.807) is 43.6 Å². The smallest absolute Gasteiger partial charge is 0.330 e. The molecule has 0 unspecified atom stereocenters. The molecule has 0 fully saturated rings. The van der Waals surface area contributed by atoms with Gasteiger partial charge in [-0.3, -0.25) is 0 Å². The second kappa shape index (κ2) is 8.66. The Morgan fingerprint density at radius 3 is 2.70 bits per heavy atom. The number of urea groups is 1. The number of anilines is 1. The molecule has 0 bridgehead atoms. The molecule has 2 amide bonds. The van der Waals surface area contributed by atoms with Gasteiger partial charge in [0.15, 0.2) is 0 Å². The van der Waals surface area contributed by atoms with Gasteiger partial charge in [0, 0.05) is 17.3 Å². The minimum absolute atomic E-state index is 0.288. The molecule has 1 aromatic carbocycles. The van der Waals surface area contributed by atoms with E-state index in [0.29, 0.717) is 11.3 Å². The van der Waals surface area contributed by atoms with Crippen LogP contribution in [0.3, 0.4) is 0 Å². The number of ether oxygens (including phenoxy) is 1. The second-order valence-electron chi connectivity index (χ2n) is 6.30. The molecular formula is C17H19F4N3O2S. The molecule has 0 aliphatic rings. The Balaban J connectivity index is 1.90. The lowest BCUT2D eigenvalue weighted by Gasteiger charge is -2.24. The maximum absolute atomic E-state index is 12.8. The van der Waals surface area contributed by atoms with Crippen LogP contribution in [0.15, 0.2) is 35.8 Å². The number of carbonyl (C=O) groups is 1. The van der Waals surface area contributed by atoms with E-state index in [1.807, 2.05) is 0 Å². The number of hydrogen-bond acceptors (Lipinski definition) is 4. The lowest BCUT2D eigenvalue weighted by molar-refractivity contribution is -0.168. The van der Waals surface area contributed by atoms with E-state index in [2.05, 4.69) is 20.4 Å². The number of nitrogens with zero attached hydrogens (tertiary/aromatic N) is 1. The molecule has 0 aliphatic heterocycles. The fourth-order valence-electron chi connectivity index (χ4n) is 2.14. The predicted octanol–water partition coefficient (Wildman–Crippen LogP) is 4.62. The van der Waals surface area contributed by atoms with E-state index in [1.165, 1.54) is 17.4 Å². The molecule has 5 nitrogen and oxygen atoms in total. The second-order valence-corrected chi connectivity index (χ2v) is 7.19. The average Bonchev–Trinajstić information content (AvgIpc) is 3.09. The number of aromatic nitrogens is 1. The van der Waals surface area contributed by atoms with Gasteiger partial charge in [-0.15, -0.1) is 11.3 Å². The summed E-state index contributed by atoms with van der Waals surface area (Å²) < 4.78 is 54.5. The van der Waals surface area contributed by atoms with E-state index in [0.717, 1.165) is 5.01 Å². The average molecular weight is 405 g/mol. The summed E-state index contributed by atoms with van der Waals surface area (Å²) in [5.41, 5.74) is 0.182. The van der Waals surface area contributed by atoms with Gasteiger partial charge in [0.25, 0.3) is 0 Å². The Morgan fingerprint density at radius 1 is 1.33 bits per heavy atom. The molecule has 1 heterocycles. The zero-order chi connectivity index (χ0) is 20.1. The van der Waals surface area contributed by atoms with Gasteiger partial charge in [0.05, 0.1) is 12.1 Å². The number of carbonyl (C=O) groups excluding carboxylic acids is 1. The maximum atomic E-state index is 12.8. The first-order valence-electron chi connectivity index (χ1n) is 7.92. The van der Waals surface area contributed by atoms with Crippen LogP contribution >= 0.6 is 11.3 Å². The van der Waals surface area contributed by atoms with Crippen LogP contribution < -0.4 is 10.6 Å². The zero-order valence-electron chi connectivity index (χ0n) is 14.6. The Bertz CT molecular complexity index is 754. The monoisotopic (exact) mass is 405 g/mol. The summed E-state index contributed by atoms with van der Waals surface area (Å²) >= 11 is 1.41. The lowest BCUT2D eigenvalue weighted by atomic mass is 10.1. The molecule has 2 rings (SSSR count). The number of amides is 2. The number of thiazole rings is 1. The van der Waals surface area contributed by atoms with Crippen LogP contribution in [-0.4, -0.2) is 30.0 Å². The van der Waals surface area contributed by atoms with E-state index in [-0.39, 0.29) is 6.61 Å². The molecule has 2 N–H and O–H groups in total. The Labute approximate surface area is 157 Å². The number of alkyl halides is 4. The topological polar surface area (TPSA) is 63.2 Å². The van der Waals surface area contributed by atoms with Gasteiger partial charge in [-0.1, -0.05) is 12.1 Å². The summed E-state index contributed by atoms with van der Waals surface area (Å²) in [5.74, 6) is -4.20. The fraction of sp³-hybridized carbons (Fsp3) is 0.412. The van der Waals surface area contributed by atoms with Crippen LogP contribution in [0.2, 0.25) is 0 Å². The minimum Gasteiger partial charge on any atom is -0.370 e. The highest BCUT2D eigenvalue weighted by atomic mass is 32.1. The van der Waals surface area contributed by atoms with Crippen LogP contribution in [0.25, 0.3) is 0 Å². The number of hydrogen-bond donors (Lipinski definition) is 2. The van der Waals surface area contributed by atoms with Crippen molar-refractivity contribution in [2.75, 3.05) is 11.9 Å². The summed E-state index contributed by atoms with van der Waals surface area (Å²) in [4.78, 5) is 16.4. The molecule has 0 radical (unpaired) electrons. The Kier molecular flexibility index (Phi) is 6.77. The number of benzene rings is 1. The van der Waals surface area contributed by atoms with Crippen molar-refractivity contribution < 1.29 is 27.1 Å². The van der Waals surface area contributed by atoms with Crippen molar-refractivity contribution in [3.63, 3.8) is 0 Å². The molecule has 10 heteroatoms. The van der Waals surface area contributed by atoms with Crippen molar-refractivity contribution in [3.8, 4) is 0 Å². The molecule has 2 aromatic rings. The van der Waals surface area contributed by atoms with Gasteiger partial charge in [-0.05, 0) is 31.5 Å². The zero-order valence-corrected chi connectivity index (χ0v) is 15.5. The first-order chi connectivity index (χ1) is 12.6. The van der Waals surface area contributed by atoms with Gasteiger partial charge in [-0.2, -0.15) is 8.78 Å². The van der Waals surface area contributed by atoms with Gasteiger partial charge >= 0.3 is 18.4 Å². The first kappa shape index (κ1) is 21.1. The summed E-state index contributed by atoms with van der Waals surface area (Å²) in [6.45, 7) is 1.94. The lowest BCUT2D eigenvalue weighted by Crippen LogP contribution is -2.43. The van der Waals surface area contributed by atoms with Crippen molar-refractivity contribution >= 4 is 23.1 Å². The van der Waals surface area contributed by atoms with Crippen molar-refractivity contribution in [2.45, 2.75) is 38.3 Å². The first-order valence-corrected chi connectivity index (χ1v) is 8.80. The number of rotatable bonds is 8. The van der Waals surface area contributed by atoms with Gasteiger partial charge < -0.3 is 15.4 Å². The van der Waals surface area contributed by atoms with E-state index < -0.39 is 30.5 Å². The van der Waals surface area contributed by atoms with Crippen LogP contribution in [0.5, 0.6) is 0 Å². The third-order valence-corrected chi connectivity index (χ3v) is 4.56. The molecule has 0 aliphatic carbocycles. The van der Waals surface area contributed by atoms with Gasteiger partial charge in [0.2, 0.25) is 0 Å².